The molecule has 19 aromatic rings. The molecule has 0 atom stereocenters. The molecule has 8 heteroatoms. The molecule has 15 aromatic carbocycles. The predicted octanol–water partition coefficient (Wildman–Crippen LogP) is 24.3. The van der Waals surface area contributed by atoms with Crippen molar-refractivity contribution < 1.29 is 0 Å². The van der Waals surface area contributed by atoms with Crippen molar-refractivity contribution in [3.8, 4) is 135 Å². The Hall–Kier alpha value is -14.1. The zero-order valence-electron chi connectivity index (χ0n) is 56.5. The molecule has 0 unspecified atom stereocenters. The van der Waals surface area contributed by atoms with Crippen molar-refractivity contribution >= 4 is 43.6 Å². The first-order chi connectivity index (χ1) is 51.5. The summed E-state index contributed by atoms with van der Waals surface area (Å²) < 4.78 is 4.73. The molecule has 19 rings (SSSR count). The molecule has 0 aliphatic rings. The van der Waals surface area contributed by atoms with Crippen LogP contribution in [0.5, 0.6) is 0 Å². The van der Waals surface area contributed by atoms with Crippen molar-refractivity contribution in [3.63, 3.8) is 0 Å². The van der Waals surface area contributed by atoms with Crippen LogP contribution in [0.1, 0.15) is 0 Å². The molecule has 0 fully saturated rings. The van der Waals surface area contributed by atoms with E-state index in [1.54, 1.807) is 0 Å². The summed E-state index contributed by atoms with van der Waals surface area (Å²) in [4.78, 5) is 29.7. The number of rotatable bonds is 13. The Morgan fingerprint density at radius 3 is 0.606 bits per heavy atom. The number of para-hydroxylation sites is 2. The van der Waals surface area contributed by atoms with Crippen LogP contribution < -0.4 is 0 Å². The first-order valence-electron chi connectivity index (χ1n) is 35.0. The van der Waals surface area contributed by atoms with Gasteiger partial charge in [-0.15, -0.1) is 0 Å². The lowest BCUT2D eigenvalue weighted by atomic mass is 9.98. The van der Waals surface area contributed by atoms with Crippen LogP contribution in [-0.2, 0) is 0 Å². The highest BCUT2D eigenvalue weighted by Gasteiger charge is 2.20. The Labute approximate surface area is 602 Å². The first kappa shape index (κ1) is 62.2. The molecular weight excluding hydrogens is 1270 g/mol. The maximum absolute atomic E-state index is 5.00. The Bertz CT molecular complexity index is 6170. The SMILES string of the molecule is c1ccc(-c2ccc(-c3ccc4c(c3)c3cc(-c5cccc(-c6nc(-c7ccccc7)nc(-c7ccccc7)n6)c5)ccc3n4-c3ccccc3)cc2)cc1.c1ccc(-c2ccc3c(c2)c2cc(-c4cccc(-c5nc(-c6ccccc6)nc(-c6ccccc6)n5)c4)ccc2n3-c2ccccc2)cc1. The minimum Gasteiger partial charge on any atom is -0.309 e. The van der Waals surface area contributed by atoms with Crippen molar-refractivity contribution in [2.45, 2.75) is 0 Å². The van der Waals surface area contributed by atoms with E-state index in [9.17, 15) is 0 Å². The van der Waals surface area contributed by atoms with Gasteiger partial charge in [-0.2, -0.15) is 0 Å². The average molecular weight is 1330 g/mol. The second-order valence-electron chi connectivity index (χ2n) is 25.8. The molecule has 488 valence electrons. The fourth-order valence-corrected chi connectivity index (χ4v) is 14.1. The van der Waals surface area contributed by atoms with Gasteiger partial charge in [-0.1, -0.05) is 303 Å². The van der Waals surface area contributed by atoms with E-state index in [0.29, 0.717) is 34.9 Å². The molecule has 0 saturated carbocycles. The summed E-state index contributed by atoms with van der Waals surface area (Å²) in [5.74, 6) is 3.88. The van der Waals surface area contributed by atoms with E-state index in [1.165, 1.54) is 71.5 Å². The molecule has 0 aliphatic carbocycles. The summed E-state index contributed by atoms with van der Waals surface area (Å²) in [6.07, 6.45) is 0. The van der Waals surface area contributed by atoms with Gasteiger partial charge in [0.2, 0.25) is 0 Å². The van der Waals surface area contributed by atoms with Gasteiger partial charge in [0, 0.05) is 66.3 Å². The van der Waals surface area contributed by atoms with Crippen molar-refractivity contribution in [2.75, 3.05) is 0 Å². The van der Waals surface area contributed by atoms with Crippen molar-refractivity contribution in [1.29, 1.82) is 0 Å². The number of fused-ring (bicyclic) bond motifs is 6. The monoisotopic (exact) mass is 1330 g/mol. The smallest absolute Gasteiger partial charge is 0.164 e. The lowest BCUT2D eigenvalue weighted by Gasteiger charge is -2.10. The first-order valence-corrected chi connectivity index (χ1v) is 35.0. The van der Waals surface area contributed by atoms with E-state index in [-0.39, 0.29) is 0 Å². The van der Waals surface area contributed by atoms with Crippen LogP contribution in [0.15, 0.2) is 388 Å². The standard InChI is InChI=1S/C51H34N4.C45H30N4/c1-5-14-35(15-6-1)36-24-26-37(27-25-36)41-28-30-47-45(33-41)46-34-42(29-31-48(46)55(47)44-22-11-4-12-23-44)40-20-13-21-43(32-40)51-53-49(38-16-7-2-8-17-38)52-50(54-51)39-18-9-3-10-19-39;1-5-14-31(15-6-1)35-24-26-41-39(29-35)40-30-36(25-27-42(40)49(41)38-22-11-4-12-23-38)34-20-13-21-37(28-34)45-47-43(32-16-7-2-8-17-32)46-44(48-45)33-18-9-3-10-19-33/h1-34H;1-30H. The topological polar surface area (TPSA) is 87.2 Å². The summed E-state index contributed by atoms with van der Waals surface area (Å²) >= 11 is 0. The largest absolute Gasteiger partial charge is 0.309 e. The number of aromatic nitrogens is 8. The van der Waals surface area contributed by atoms with Gasteiger partial charge in [0.05, 0.1) is 22.1 Å². The molecule has 4 aromatic heterocycles. The minimum atomic E-state index is 0.638. The normalized spacial score (nSPS) is 11.3. The predicted molar refractivity (Wildman–Crippen MR) is 428 cm³/mol. The summed E-state index contributed by atoms with van der Waals surface area (Å²) in [7, 11) is 0. The second kappa shape index (κ2) is 27.6. The van der Waals surface area contributed by atoms with Gasteiger partial charge in [-0.05, 0) is 141 Å². The lowest BCUT2D eigenvalue weighted by molar-refractivity contribution is 1.07. The Morgan fingerprint density at radius 2 is 0.317 bits per heavy atom. The van der Waals surface area contributed by atoms with Crippen LogP contribution >= 0.6 is 0 Å². The van der Waals surface area contributed by atoms with Gasteiger partial charge >= 0.3 is 0 Å². The highest BCUT2D eigenvalue weighted by molar-refractivity contribution is 6.13. The minimum absolute atomic E-state index is 0.638. The average Bonchev–Trinajstić information content (AvgIpc) is 1.59. The van der Waals surface area contributed by atoms with Crippen molar-refractivity contribution in [1.82, 2.24) is 39.0 Å². The molecule has 0 bridgehead atoms. The molecule has 0 radical (unpaired) electrons. The summed E-state index contributed by atoms with van der Waals surface area (Å²) in [6, 6.07) is 136. The van der Waals surface area contributed by atoms with Crippen LogP contribution in [0.3, 0.4) is 0 Å². The van der Waals surface area contributed by atoms with E-state index in [0.717, 1.165) is 72.5 Å². The molecule has 0 saturated heterocycles. The number of hydrogen-bond acceptors (Lipinski definition) is 6. The van der Waals surface area contributed by atoms with E-state index in [2.05, 4.69) is 276 Å². The summed E-state index contributed by atoms with van der Waals surface area (Å²) in [5, 5.41) is 4.83. The quantitative estimate of drug-likeness (QED) is 0.114. The van der Waals surface area contributed by atoms with Crippen LogP contribution in [-0.4, -0.2) is 39.0 Å². The fraction of sp³-hybridized carbons (Fsp3) is 0. The van der Waals surface area contributed by atoms with Crippen LogP contribution in [0.2, 0.25) is 0 Å². The van der Waals surface area contributed by atoms with Crippen LogP contribution in [0.4, 0.5) is 0 Å². The molecular formula is C96H64N8. The third-order valence-corrected chi connectivity index (χ3v) is 19.3. The Morgan fingerprint density at radius 1 is 0.135 bits per heavy atom. The van der Waals surface area contributed by atoms with E-state index in [1.807, 2.05) is 121 Å². The third-order valence-electron chi connectivity index (χ3n) is 19.3. The molecule has 104 heavy (non-hydrogen) atoms. The zero-order chi connectivity index (χ0) is 69.1. The molecule has 0 N–H and O–H groups in total. The van der Waals surface area contributed by atoms with E-state index >= 15 is 0 Å². The third kappa shape index (κ3) is 12.3. The zero-order valence-corrected chi connectivity index (χ0v) is 56.5. The molecule has 8 nitrogen and oxygen atoms in total. The highest BCUT2D eigenvalue weighted by atomic mass is 15.0. The number of benzene rings is 15. The number of hydrogen-bond donors (Lipinski definition) is 0. The van der Waals surface area contributed by atoms with Crippen LogP contribution in [0.25, 0.3) is 179 Å². The molecule has 0 aliphatic heterocycles. The summed E-state index contributed by atoms with van der Waals surface area (Å²) in [6.45, 7) is 0. The van der Waals surface area contributed by atoms with E-state index < -0.39 is 0 Å². The van der Waals surface area contributed by atoms with Crippen LogP contribution in [0, 0.1) is 0 Å². The Balaban J connectivity index is 0.000000149. The van der Waals surface area contributed by atoms with Gasteiger partial charge in [-0.3, -0.25) is 0 Å². The van der Waals surface area contributed by atoms with Gasteiger partial charge < -0.3 is 9.13 Å². The number of nitrogens with zero attached hydrogens (tertiary/aromatic N) is 8. The molecule has 4 heterocycles. The van der Waals surface area contributed by atoms with E-state index in [4.69, 9.17) is 29.9 Å². The summed E-state index contributed by atoms with van der Waals surface area (Å²) in [5.41, 5.74) is 24.3. The Kier molecular flexibility index (Phi) is 16.5. The molecule has 0 amide bonds. The van der Waals surface area contributed by atoms with Gasteiger partial charge in [0.25, 0.3) is 0 Å². The van der Waals surface area contributed by atoms with Gasteiger partial charge in [-0.25, -0.2) is 29.9 Å². The maximum atomic E-state index is 5.00. The van der Waals surface area contributed by atoms with Gasteiger partial charge in [0.1, 0.15) is 0 Å². The fourth-order valence-electron chi connectivity index (χ4n) is 14.1. The second-order valence-corrected chi connectivity index (χ2v) is 25.8. The maximum Gasteiger partial charge on any atom is 0.164 e. The molecule has 0 spiro atoms. The lowest BCUT2D eigenvalue weighted by Crippen LogP contribution is -2.00. The van der Waals surface area contributed by atoms with Crippen molar-refractivity contribution in [3.05, 3.63) is 388 Å². The van der Waals surface area contributed by atoms with Crippen molar-refractivity contribution in [2.24, 2.45) is 0 Å². The van der Waals surface area contributed by atoms with Gasteiger partial charge in [0.15, 0.2) is 34.9 Å². The highest BCUT2D eigenvalue weighted by Crippen LogP contribution is 2.41.